The highest BCUT2D eigenvalue weighted by atomic mass is 16.5. The van der Waals surface area contributed by atoms with Crippen molar-refractivity contribution in [1.29, 1.82) is 0 Å². The molecule has 0 aromatic heterocycles. The quantitative estimate of drug-likeness (QED) is 0.132. The number of anilines is 1. The molecule has 47 heavy (non-hydrogen) atoms. The van der Waals surface area contributed by atoms with E-state index in [1.165, 1.54) is 6.92 Å². The van der Waals surface area contributed by atoms with E-state index in [9.17, 15) is 28.8 Å². The zero-order chi connectivity index (χ0) is 35.6. The van der Waals surface area contributed by atoms with Gasteiger partial charge in [0.15, 0.2) is 0 Å². The van der Waals surface area contributed by atoms with Crippen molar-refractivity contribution in [2.24, 2.45) is 5.92 Å². The van der Waals surface area contributed by atoms with Crippen molar-refractivity contribution < 1.29 is 43.0 Å². The Hall–Kier alpha value is -4.04. The van der Waals surface area contributed by atoms with Crippen molar-refractivity contribution in [1.82, 2.24) is 21.3 Å². The van der Waals surface area contributed by atoms with Crippen LogP contribution in [0, 0.1) is 5.92 Å². The lowest BCUT2D eigenvalue weighted by Gasteiger charge is -2.26. The number of benzene rings is 1. The Bertz CT molecular complexity index is 1190. The summed E-state index contributed by atoms with van der Waals surface area (Å²) in [6, 6.07) is 4.86. The number of ketones is 1. The Balaban J connectivity index is 2.48. The molecule has 1 rings (SSSR count). The van der Waals surface area contributed by atoms with E-state index in [1.54, 1.807) is 52.1 Å². The number of nitrogens with one attached hydrogen (secondary N) is 5. The Labute approximate surface area is 277 Å². The maximum Gasteiger partial charge on any atom is 0.407 e. The summed E-state index contributed by atoms with van der Waals surface area (Å²) in [7, 11) is 1.58. The molecule has 0 radical (unpaired) electrons. The number of Topliss-reactive ketones (excluding diaryl/α,β-unsaturated/α-hetero) is 1. The summed E-state index contributed by atoms with van der Waals surface area (Å²) in [6.07, 6.45) is 0.599. The first-order chi connectivity index (χ1) is 22.0. The topological polar surface area (TPSA) is 190 Å². The first-order valence-corrected chi connectivity index (χ1v) is 15.9. The third kappa shape index (κ3) is 18.0. The van der Waals surface area contributed by atoms with E-state index in [-0.39, 0.29) is 55.6 Å². The number of rotatable bonds is 21. The van der Waals surface area contributed by atoms with Crippen LogP contribution in [0.4, 0.5) is 10.5 Å². The van der Waals surface area contributed by atoms with Gasteiger partial charge in [-0.05, 0) is 71.1 Å². The average molecular weight is 664 g/mol. The third-order valence-electron chi connectivity index (χ3n) is 7.08. The van der Waals surface area contributed by atoms with Crippen molar-refractivity contribution in [2.45, 2.75) is 105 Å². The fourth-order valence-corrected chi connectivity index (χ4v) is 4.02. The van der Waals surface area contributed by atoms with E-state index in [4.69, 9.17) is 14.2 Å². The summed E-state index contributed by atoms with van der Waals surface area (Å²) in [6.45, 7) is 12.8. The van der Waals surface area contributed by atoms with Crippen LogP contribution in [0.2, 0.25) is 0 Å². The molecule has 5 amide bonds. The van der Waals surface area contributed by atoms with Crippen LogP contribution in [0.5, 0.6) is 0 Å². The molecule has 0 saturated heterocycles. The van der Waals surface area contributed by atoms with Crippen LogP contribution in [0.25, 0.3) is 0 Å². The van der Waals surface area contributed by atoms with E-state index in [0.29, 0.717) is 37.3 Å². The van der Waals surface area contributed by atoms with Crippen LogP contribution in [0.3, 0.4) is 0 Å². The molecule has 3 unspecified atom stereocenters. The van der Waals surface area contributed by atoms with Gasteiger partial charge >= 0.3 is 6.09 Å². The highest BCUT2D eigenvalue weighted by molar-refractivity contribution is 5.98. The third-order valence-corrected chi connectivity index (χ3v) is 7.08. The molecule has 1 aromatic rings. The highest BCUT2D eigenvalue weighted by Gasteiger charge is 2.27. The Morgan fingerprint density at radius 3 is 2.11 bits per heavy atom. The van der Waals surface area contributed by atoms with Crippen LogP contribution >= 0.6 is 0 Å². The van der Waals surface area contributed by atoms with Gasteiger partial charge in [0.1, 0.15) is 24.5 Å². The van der Waals surface area contributed by atoms with E-state index in [2.05, 4.69) is 26.6 Å². The minimum absolute atomic E-state index is 0.0189. The van der Waals surface area contributed by atoms with Crippen molar-refractivity contribution in [3.05, 3.63) is 29.8 Å². The van der Waals surface area contributed by atoms with Gasteiger partial charge in [-0.1, -0.05) is 26.0 Å². The molecule has 14 heteroatoms. The van der Waals surface area contributed by atoms with E-state index < -0.39 is 35.6 Å². The van der Waals surface area contributed by atoms with Gasteiger partial charge in [0.25, 0.3) is 0 Å². The van der Waals surface area contributed by atoms with Gasteiger partial charge in [0, 0.05) is 32.2 Å². The van der Waals surface area contributed by atoms with Crippen LogP contribution in [-0.4, -0.2) is 86.1 Å². The van der Waals surface area contributed by atoms with Crippen LogP contribution < -0.4 is 26.6 Å². The molecule has 264 valence electrons. The van der Waals surface area contributed by atoms with Gasteiger partial charge in [-0.2, -0.15) is 0 Å². The average Bonchev–Trinajstić information content (AvgIpc) is 3.00. The normalized spacial score (nSPS) is 13.1. The van der Waals surface area contributed by atoms with Gasteiger partial charge in [-0.25, -0.2) is 4.79 Å². The van der Waals surface area contributed by atoms with Crippen molar-refractivity contribution in [2.75, 3.05) is 32.1 Å². The second-order valence-electron chi connectivity index (χ2n) is 12.3. The molecule has 0 spiro atoms. The van der Waals surface area contributed by atoms with Gasteiger partial charge in [0.2, 0.25) is 23.6 Å². The maximum atomic E-state index is 13.0. The Morgan fingerprint density at radius 1 is 0.851 bits per heavy atom. The minimum Gasteiger partial charge on any atom is -0.445 e. The predicted octanol–water partition coefficient (Wildman–Crippen LogP) is 2.59. The lowest BCUT2D eigenvalue weighted by atomic mass is 10.0. The van der Waals surface area contributed by atoms with E-state index in [0.717, 1.165) is 0 Å². The van der Waals surface area contributed by atoms with Gasteiger partial charge < -0.3 is 40.8 Å². The highest BCUT2D eigenvalue weighted by Crippen LogP contribution is 2.16. The smallest absolute Gasteiger partial charge is 0.407 e. The molecule has 0 fully saturated rings. The molecule has 0 aliphatic carbocycles. The predicted molar refractivity (Wildman–Crippen MR) is 176 cm³/mol. The Kier molecular flexibility index (Phi) is 18.3. The van der Waals surface area contributed by atoms with E-state index in [1.807, 2.05) is 20.8 Å². The zero-order valence-corrected chi connectivity index (χ0v) is 28.9. The first kappa shape index (κ1) is 41.0. The number of carbonyl (C=O) groups excluding carboxylic acids is 6. The van der Waals surface area contributed by atoms with Crippen LogP contribution in [0.15, 0.2) is 24.3 Å². The minimum atomic E-state index is -0.890. The Morgan fingerprint density at radius 2 is 1.51 bits per heavy atom. The summed E-state index contributed by atoms with van der Waals surface area (Å²) in [5.41, 5.74) is 0.683. The number of alkyl carbamates (subject to hydrolysis) is 1. The molecule has 14 nitrogen and oxygen atoms in total. The molecule has 0 saturated carbocycles. The number of hydrogen-bond acceptors (Lipinski definition) is 9. The summed E-state index contributed by atoms with van der Waals surface area (Å²) in [5, 5.41) is 13.0. The van der Waals surface area contributed by atoms with Crippen molar-refractivity contribution >= 4 is 41.2 Å². The molecule has 0 heterocycles. The van der Waals surface area contributed by atoms with Crippen molar-refractivity contribution in [3.8, 4) is 0 Å². The molecular formula is C33H53N5O9. The van der Waals surface area contributed by atoms with Gasteiger partial charge in [-0.15, -0.1) is 0 Å². The summed E-state index contributed by atoms with van der Waals surface area (Å²) >= 11 is 0. The second-order valence-corrected chi connectivity index (χ2v) is 12.3. The van der Waals surface area contributed by atoms with Gasteiger partial charge in [-0.3, -0.25) is 24.0 Å². The first-order valence-electron chi connectivity index (χ1n) is 15.9. The second kappa shape index (κ2) is 21.0. The lowest BCUT2D eigenvalue weighted by Crippen LogP contribution is -2.53. The maximum absolute atomic E-state index is 13.0. The van der Waals surface area contributed by atoms with Gasteiger partial charge in [0.05, 0.1) is 24.9 Å². The number of hydrogen-bond donors (Lipinski definition) is 5. The van der Waals surface area contributed by atoms with Crippen LogP contribution in [-0.2, 0) is 44.8 Å². The monoisotopic (exact) mass is 663 g/mol. The number of carbonyl (C=O) groups is 6. The number of amides is 5. The summed E-state index contributed by atoms with van der Waals surface area (Å²) in [4.78, 5) is 72.4. The molecular weight excluding hydrogens is 610 g/mol. The summed E-state index contributed by atoms with van der Waals surface area (Å²) < 4.78 is 16.7. The SMILES string of the molecule is CNC(=O)CCOC(C)(C)CCOC(C)CCC(=O)NC(C(=O)NC(C)C(=O)Nc1ccc(COC(=O)NCC(C)=O)cc1)C(C)C. The zero-order valence-electron chi connectivity index (χ0n) is 28.9. The van der Waals surface area contributed by atoms with E-state index >= 15 is 0 Å². The number of ether oxygens (including phenoxy) is 3. The molecule has 0 bridgehead atoms. The fourth-order valence-electron chi connectivity index (χ4n) is 4.02. The van der Waals surface area contributed by atoms with Crippen molar-refractivity contribution in [3.63, 3.8) is 0 Å². The standard InChI is InChI=1S/C33H53N5O9/c1-21(2)29(38-28(41)14-9-23(4)45-18-16-33(6,7)47-17-15-27(40)34-8)31(43)36-24(5)30(42)37-26-12-10-25(11-13-26)20-46-32(44)35-19-22(3)39/h10-13,21,23-24,29H,9,14-20H2,1-8H3,(H,34,40)(H,35,44)(H,36,43)(H,37,42)(H,38,41). The fraction of sp³-hybridized carbons (Fsp3) is 0.636. The van der Waals surface area contributed by atoms with Crippen LogP contribution in [0.1, 0.15) is 79.7 Å². The molecule has 5 N–H and O–H groups in total. The lowest BCUT2D eigenvalue weighted by molar-refractivity contribution is -0.132. The molecule has 0 aliphatic heterocycles. The molecule has 3 atom stereocenters. The molecule has 0 aliphatic rings. The molecule has 1 aromatic carbocycles. The largest absolute Gasteiger partial charge is 0.445 e. The summed E-state index contributed by atoms with van der Waals surface area (Å²) in [5.74, 6) is -1.74.